The van der Waals surface area contributed by atoms with Crippen LogP contribution in [0.15, 0.2) is 55.2 Å². The lowest BCUT2D eigenvalue weighted by Gasteiger charge is -2.04. The molecule has 0 saturated carbocycles. The number of carbonyl (C=O) groups is 1. The maximum absolute atomic E-state index is 12.5. The predicted molar refractivity (Wildman–Crippen MR) is 92.6 cm³/mol. The minimum atomic E-state index is -0.279. The van der Waals surface area contributed by atoms with Crippen molar-refractivity contribution in [2.24, 2.45) is 0 Å². The van der Waals surface area contributed by atoms with E-state index < -0.39 is 0 Å². The molecule has 1 aromatic carbocycles. The van der Waals surface area contributed by atoms with Crippen LogP contribution >= 0.6 is 0 Å². The van der Waals surface area contributed by atoms with Gasteiger partial charge in [-0.2, -0.15) is 5.10 Å². The van der Waals surface area contributed by atoms with E-state index >= 15 is 0 Å². The van der Waals surface area contributed by atoms with Crippen LogP contribution < -0.4 is 5.32 Å². The number of nitrogens with one attached hydrogen (secondary N) is 3. The average molecular weight is 346 g/mol. The number of benzene rings is 1. The Balaban J connectivity index is 1.46. The first-order valence-electron chi connectivity index (χ1n) is 7.86. The number of hydrogen-bond donors (Lipinski definition) is 3. The minimum Gasteiger partial charge on any atom is -0.343 e. The van der Waals surface area contributed by atoms with Crippen LogP contribution in [0.3, 0.4) is 0 Å². The number of nitrogens with zero attached hydrogens (tertiary/aromatic N) is 5. The number of aromatic amines is 2. The molecule has 9 heteroatoms. The van der Waals surface area contributed by atoms with Gasteiger partial charge in [-0.3, -0.25) is 14.9 Å². The van der Waals surface area contributed by atoms with Gasteiger partial charge in [-0.25, -0.2) is 15.0 Å². The van der Waals surface area contributed by atoms with Crippen molar-refractivity contribution in [3.63, 3.8) is 0 Å². The number of aromatic nitrogens is 7. The fraction of sp³-hybridized carbons (Fsp3) is 0.0588. The Kier molecular flexibility index (Phi) is 4.17. The van der Waals surface area contributed by atoms with Crippen LogP contribution in [0.2, 0.25) is 0 Å². The molecule has 0 aliphatic heterocycles. The Labute approximate surface area is 148 Å². The SMILES string of the molecule is O=C(NCc1nc(-c2cnccn2)n[nH]1)c1[nH]cnc1-c1ccccc1. The third kappa shape index (κ3) is 3.18. The molecular formula is C17H14N8O. The fourth-order valence-electron chi connectivity index (χ4n) is 2.44. The molecule has 0 aliphatic rings. The molecule has 128 valence electrons. The van der Waals surface area contributed by atoms with Gasteiger partial charge in [-0.05, 0) is 0 Å². The molecule has 0 fully saturated rings. The summed E-state index contributed by atoms with van der Waals surface area (Å²) in [5, 5.41) is 9.66. The van der Waals surface area contributed by atoms with Crippen LogP contribution in [0, 0.1) is 0 Å². The highest BCUT2D eigenvalue weighted by Gasteiger charge is 2.16. The minimum absolute atomic E-state index is 0.194. The molecule has 26 heavy (non-hydrogen) atoms. The van der Waals surface area contributed by atoms with Gasteiger partial charge >= 0.3 is 0 Å². The first kappa shape index (κ1) is 15.6. The molecule has 0 radical (unpaired) electrons. The zero-order chi connectivity index (χ0) is 17.8. The van der Waals surface area contributed by atoms with Crippen molar-refractivity contribution >= 4 is 5.91 Å². The third-order valence-electron chi connectivity index (χ3n) is 3.65. The second kappa shape index (κ2) is 6.93. The van der Waals surface area contributed by atoms with Crippen molar-refractivity contribution in [2.45, 2.75) is 6.54 Å². The van der Waals surface area contributed by atoms with Crippen molar-refractivity contribution in [2.75, 3.05) is 0 Å². The van der Waals surface area contributed by atoms with E-state index in [9.17, 15) is 4.79 Å². The zero-order valence-electron chi connectivity index (χ0n) is 13.5. The van der Waals surface area contributed by atoms with E-state index in [1.165, 1.54) is 6.33 Å². The number of hydrogen-bond acceptors (Lipinski definition) is 6. The molecule has 3 heterocycles. The summed E-state index contributed by atoms with van der Waals surface area (Å²) in [5.41, 5.74) is 2.41. The maximum Gasteiger partial charge on any atom is 0.270 e. The average Bonchev–Trinajstić information content (AvgIpc) is 3.37. The summed E-state index contributed by atoms with van der Waals surface area (Å²) in [6.45, 7) is 0.194. The van der Waals surface area contributed by atoms with E-state index in [0.29, 0.717) is 28.7 Å². The molecule has 4 rings (SSSR count). The molecule has 1 amide bonds. The fourth-order valence-corrected chi connectivity index (χ4v) is 2.44. The van der Waals surface area contributed by atoms with Gasteiger partial charge in [-0.1, -0.05) is 30.3 Å². The Bertz CT molecular complexity index is 1010. The van der Waals surface area contributed by atoms with Gasteiger partial charge in [-0.15, -0.1) is 0 Å². The Hall–Kier alpha value is -3.88. The van der Waals surface area contributed by atoms with E-state index in [1.54, 1.807) is 18.6 Å². The summed E-state index contributed by atoms with van der Waals surface area (Å²) in [6.07, 6.45) is 6.21. The van der Waals surface area contributed by atoms with Gasteiger partial charge in [0, 0.05) is 18.0 Å². The summed E-state index contributed by atoms with van der Waals surface area (Å²) in [5.74, 6) is 0.660. The lowest BCUT2D eigenvalue weighted by atomic mass is 10.1. The summed E-state index contributed by atoms with van der Waals surface area (Å²) in [4.78, 5) is 32.0. The molecule has 0 atom stereocenters. The summed E-state index contributed by atoms with van der Waals surface area (Å²) in [7, 11) is 0. The van der Waals surface area contributed by atoms with Crippen molar-refractivity contribution < 1.29 is 4.79 Å². The first-order chi connectivity index (χ1) is 12.8. The monoisotopic (exact) mass is 346 g/mol. The van der Waals surface area contributed by atoms with Crippen LogP contribution in [-0.4, -0.2) is 41.0 Å². The lowest BCUT2D eigenvalue weighted by Crippen LogP contribution is -2.24. The summed E-state index contributed by atoms with van der Waals surface area (Å²) in [6, 6.07) is 9.50. The van der Waals surface area contributed by atoms with Crippen LogP contribution in [0.4, 0.5) is 0 Å². The smallest absolute Gasteiger partial charge is 0.270 e. The number of rotatable bonds is 5. The van der Waals surface area contributed by atoms with Gasteiger partial charge in [0.1, 0.15) is 22.9 Å². The van der Waals surface area contributed by atoms with Gasteiger partial charge in [0.05, 0.1) is 19.1 Å². The van der Waals surface area contributed by atoms with Crippen molar-refractivity contribution in [3.05, 3.63) is 66.8 Å². The van der Waals surface area contributed by atoms with E-state index in [4.69, 9.17) is 0 Å². The maximum atomic E-state index is 12.5. The quantitative estimate of drug-likeness (QED) is 0.504. The van der Waals surface area contributed by atoms with E-state index in [0.717, 1.165) is 5.56 Å². The summed E-state index contributed by atoms with van der Waals surface area (Å²) < 4.78 is 0. The summed E-state index contributed by atoms with van der Waals surface area (Å²) >= 11 is 0. The standard InChI is InChI=1S/C17H14N8O/c26-17(15-14(21-10-22-15)11-4-2-1-3-5-11)20-9-13-23-16(25-24-13)12-8-18-6-7-19-12/h1-8,10H,9H2,(H,20,26)(H,21,22)(H,23,24,25). The normalized spacial score (nSPS) is 10.6. The highest BCUT2D eigenvalue weighted by molar-refractivity contribution is 5.98. The lowest BCUT2D eigenvalue weighted by molar-refractivity contribution is 0.0946. The van der Waals surface area contributed by atoms with Crippen molar-refractivity contribution in [1.29, 1.82) is 0 Å². The Morgan fingerprint density at radius 1 is 1.12 bits per heavy atom. The molecule has 9 nitrogen and oxygen atoms in total. The first-order valence-corrected chi connectivity index (χ1v) is 7.86. The second-order valence-corrected chi connectivity index (χ2v) is 5.37. The molecule has 0 bridgehead atoms. The molecule has 0 spiro atoms. The number of carbonyl (C=O) groups excluding carboxylic acids is 1. The van der Waals surface area contributed by atoms with Crippen LogP contribution in [0.5, 0.6) is 0 Å². The third-order valence-corrected chi connectivity index (χ3v) is 3.65. The van der Waals surface area contributed by atoms with Gasteiger partial charge in [0.25, 0.3) is 5.91 Å². The zero-order valence-corrected chi connectivity index (χ0v) is 13.5. The molecule has 3 aromatic heterocycles. The van der Waals surface area contributed by atoms with Crippen molar-refractivity contribution in [3.8, 4) is 22.8 Å². The van der Waals surface area contributed by atoms with E-state index in [2.05, 4.69) is 40.4 Å². The Morgan fingerprint density at radius 3 is 2.81 bits per heavy atom. The van der Waals surface area contributed by atoms with Gasteiger partial charge in [0.2, 0.25) is 5.82 Å². The highest BCUT2D eigenvalue weighted by Crippen LogP contribution is 2.19. The predicted octanol–water partition coefficient (Wildman–Crippen LogP) is 1.58. The number of H-pyrrole nitrogens is 2. The number of imidazole rings is 1. The second-order valence-electron chi connectivity index (χ2n) is 5.37. The van der Waals surface area contributed by atoms with E-state index in [1.807, 2.05) is 30.3 Å². The molecule has 0 unspecified atom stereocenters. The van der Waals surface area contributed by atoms with Gasteiger partial charge < -0.3 is 10.3 Å². The van der Waals surface area contributed by atoms with Crippen LogP contribution in [0.25, 0.3) is 22.8 Å². The molecule has 3 N–H and O–H groups in total. The molecular weight excluding hydrogens is 332 g/mol. The van der Waals surface area contributed by atoms with Crippen LogP contribution in [0.1, 0.15) is 16.3 Å². The molecule has 0 aliphatic carbocycles. The molecule has 0 saturated heterocycles. The number of amides is 1. The van der Waals surface area contributed by atoms with Crippen molar-refractivity contribution in [1.82, 2.24) is 40.4 Å². The van der Waals surface area contributed by atoms with E-state index in [-0.39, 0.29) is 12.5 Å². The van der Waals surface area contributed by atoms with Gasteiger partial charge in [0.15, 0.2) is 0 Å². The Morgan fingerprint density at radius 2 is 2.00 bits per heavy atom. The largest absolute Gasteiger partial charge is 0.343 e. The molecule has 4 aromatic rings. The highest BCUT2D eigenvalue weighted by atomic mass is 16.1. The van der Waals surface area contributed by atoms with Crippen LogP contribution in [-0.2, 0) is 6.54 Å². The topological polar surface area (TPSA) is 125 Å².